The number of hydrogen-bond donors (Lipinski definition) is 3. The third-order valence-corrected chi connectivity index (χ3v) is 4.82. The molecule has 3 rings (SSSR count). The summed E-state index contributed by atoms with van der Waals surface area (Å²) in [6, 6.07) is 11.9. The van der Waals surface area contributed by atoms with Crippen LogP contribution < -0.4 is 16.2 Å². The van der Waals surface area contributed by atoms with E-state index in [0.29, 0.717) is 38.5 Å². The summed E-state index contributed by atoms with van der Waals surface area (Å²) in [7, 11) is 1.54. The molecule has 0 fully saturated rings. The summed E-state index contributed by atoms with van der Waals surface area (Å²) in [4.78, 5) is 24.3. The Morgan fingerprint density at radius 3 is 2.23 bits per heavy atom. The molecule has 0 saturated heterocycles. The Kier molecular flexibility index (Phi) is 8.41. The normalized spacial score (nSPS) is 10.4. The number of ether oxygens (including phenoxy) is 1. The van der Waals surface area contributed by atoms with Crippen LogP contribution in [0.3, 0.4) is 0 Å². The van der Waals surface area contributed by atoms with Crippen molar-refractivity contribution in [3.63, 3.8) is 0 Å². The molecular weight excluding hydrogens is 406 g/mol. The van der Waals surface area contributed by atoms with Crippen molar-refractivity contribution in [2.45, 2.75) is 19.8 Å². The molecule has 2 aromatic carbocycles. The number of nitrogens with two attached hydrogens (primary N) is 2. The van der Waals surface area contributed by atoms with E-state index in [2.05, 4.69) is 0 Å². The van der Waals surface area contributed by atoms with E-state index in [9.17, 15) is 14.7 Å². The average Bonchev–Trinajstić information content (AvgIpc) is 2.99. The summed E-state index contributed by atoms with van der Waals surface area (Å²) in [5.74, 6) is -0.583. The molecule has 0 spiro atoms. The van der Waals surface area contributed by atoms with Crippen LogP contribution in [0.5, 0.6) is 5.75 Å². The number of rotatable bonds is 6. The summed E-state index contributed by atoms with van der Waals surface area (Å²) in [6.07, 6.45) is 0.774. The van der Waals surface area contributed by atoms with Crippen molar-refractivity contribution in [3.05, 3.63) is 64.3 Å². The van der Waals surface area contributed by atoms with Crippen molar-refractivity contribution in [3.8, 4) is 5.75 Å². The molecule has 0 atom stereocenters. The van der Waals surface area contributed by atoms with Crippen LogP contribution in [-0.2, 0) is 11.2 Å². The van der Waals surface area contributed by atoms with Crippen LogP contribution >= 0.6 is 11.6 Å². The third-order valence-electron chi connectivity index (χ3n) is 4.57. The second-order valence-corrected chi connectivity index (χ2v) is 7.03. The Labute approximate surface area is 180 Å². The highest BCUT2D eigenvalue weighted by Crippen LogP contribution is 2.30. The number of hydrogen-bond acceptors (Lipinski definition) is 5. The minimum absolute atomic E-state index is 0.170. The molecule has 0 unspecified atom stereocenters. The van der Waals surface area contributed by atoms with E-state index in [0.717, 1.165) is 19.5 Å². The lowest BCUT2D eigenvalue weighted by molar-refractivity contribution is -0.136. The van der Waals surface area contributed by atoms with Crippen molar-refractivity contribution in [2.75, 3.05) is 20.2 Å². The Hall–Kier alpha value is -2.87. The standard InChI is InChI=1S/C19H16ClNO4.C3H10N2/c1-11-15(10-18(22)23)16-9-14(25-2)7-8-17(16)21(11)19(24)12-3-5-13(20)6-4-12;4-2-1-3-5/h3-9H,10H2,1-2H3,(H,22,23);1-5H2. The minimum Gasteiger partial charge on any atom is -0.497 e. The van der Waals surface area contributed by atoms with E-state index >= 15 is 0 Å². The number of methoxy groups -OCH3 is 1. The SMILES string of the molecule is COc1ccc2c(c1)c(CC(=O)O)c(C)n2C(=O)c1ccc(Cl)cc1.NCCCN. The molecular formula is C22H26ClN3O4. The summed E-state index contributed by atoms with van der Waals surface area (Å²) in [6.45, 7) is 3.19. The van der Waals surface area contributed by atoms with Crippen molar-refractivity contribution >= 4 is 34.4 Å². The van der Waals surface area contributed by atoms with E-state index in [-0.39, 0.29) is 12.3 Å². The summed E-state index contributed by atoms with van der Waals surface area (Å²) >= 11 is 5.89. The van der Waals surface area contributed by atoms with Gasteiger partial charge in [0.15, 0.2) is 0 Å². The van der Waals surface area contributed by atoms with Crippen molar-refractivity contribution in [2.24, 2.45) is 11.5 Å². The number of carboxylic acids is 1. The van der Waals surface area contributed by atoms with Gasteiger partial charge in [-0.2, -0.15) is 0 Å². The number of fused-ring (bicyclic) bond motifs is 1. The van der Waals surface area contributed by atoms with Crippen LogP contribution in [0.2, 0.25) is 5.02 Å². The van der Waals surface area contributed by atoms with Gasteiger partial charge in [0.2, 0.25) is 0 Å². The first kappa shape index (κ1) is 23.4. The molecule has 0 bridgehead atoms. The predicted octanol–water partition coefficient (Wildman–Crippen LogP) is 3.22. The minimum atomic E-state index is -0.955. The summed E-state index contributed by atoms with van der Waals surface area (Å²) in [5.41, 5.74) is 12.4. The highest BCUT2D eigenvalue weighted by molar-refractivity contribution is 6.30. The topological polar surface area (TPSA) is 121 Å². The molecule has 0 aliphatic heterocycles. The molecule has 30 heavy (non-hydrogen) atoms. The first-order valence-corrected chi connectivity index (χ1v) is 9.81. The van der Waals surface area contributed by atoms with Gasteiger partial charge in [0.05, 0.1) is 19.0 Å². The number of carbonyl (C=O) groups is 2. The van der Waals surface area contributed by atoms with E-state index in [1.807, 2.05) is 0 Å². The van der Waals surface area contributed by atoms with Crippen LogP contribution in [-0.4, -0.2) is 41.7 Å². The number of halogens is 1. The number of aromatic nitrogens is 1. The lowest BCUT2D eigenvalue weighted by atomic mass is 10.1. The van der Waals surface area contributed by atoms with Crippen LogP contribution in [0.4, 0.5) is 0 Å². The van der Waals surface area contributed by atoms with Crippen LogP contribution in [0.1, 0.15) is 28.0 Å². The molecule has 3 aromatic rings. The lowest BCUT2D eigenvalue weighted by Crippen LogP contribution is -2.14. The molecule has 0 radical (unpaired) electrons. The molecule has 0 aliphatic rings. The summed E-state index contributed by atoms with van der Waals surface area (Å²) < 4.78 is 6.77. The highest BCUT2D eigenvalue weighted by Gasteiger charge is 2.21. The zero-order chi connectivity index (χ0) is 22.3. The molecule has 1 heterocycles. The van der Waals surface area contributed by atoms with Gasteiger partial charge >= 0.3 is 5.97 Å². The maximum Gasteiger partial charge on any atom is 0.307 e. The fourth-order valence-corrected chi connectivity index (χ4v) is 3.19. The Morgan fingerprint density at radius 1 is 1.10 bits per heavy atom. The van der Waals surface area contributed by atoms with Crippen molar-refractivity contribution < 1.29 is 19.4 Å². The smallest absolute Gasteiger partial charge is 0.307 e. The lowest BCUT2D eigenvalue weighted by Gasteiger charge is -2.08. The van der Waals surface area contributed by atoms with E-state index in [1.54, 1.807) is 56.5 Å². The van der Waals surface area contributed by atoms with Gasteiger partial charge in [-0.15, -0.1) is 0 Å². The third kappa shape index (κ3) is 5.38. The Balaban J connectivity index is 0.000000575. The largest absolute Gasteiger partial charge is 0.497 e. The first-order valence-electron chi connectivity index (χ1n) is 9.44. The van der Waals surface area contributed by atoms with Crippen LogP contribution in [0, 0.1) is 6.92 Å². The van der Waals surface area contributed by atoms with E-state index in [4.69, 9.17) is 27.8 Å². The van der Waals surface area contributed by atoms with Crippen molar-refractivity contribution in [1.29, 1.82) is 0 Å². The van der Waals surface area contributed by atoms with E-state index < -0.39 is 5.97 Å². The zero-order valence-corrected chi connectivity index (χ0v) is 17.8. The molecule has 5 N–H and O–H groups in total. The molecule has 7 nitrogen and oxygen atoms in total. The van der Waals surface area contributed by atoms with Gasteiger partial charge in [0.1, 0.15) is 5.75 Å². The molecule has 1 aromatic heterocycles. The highest BCUT2D eigenvalue weighted by atomic mass is 35.5. The predicted molar refractivity (Wildman–Crippen MR) is 118 cm³/mol. The van der Waals surface area contributed by atoms with Crippen LogP contribution in [0.25, 0.3) is 10.9 Å². The van der Waals surface area contributed by atoms with Gasteiger partial charge in [-0.1, -0.05) is 11.6 Å². The number of aliphatic carboxylic acids is 1. The number of carbonyl (C=O) groups excluding carboxylic acids is 1. The number of benzene rings is 2. The number of nitrogens with zero attached hydrogens (tertiary/aromatic N) is 1. The second kappa shape index (κ2) is 10.8. The fraction of sp³-hybridized carbons (Fsp3) is 0.273. The maximum atomic E-state index is 13.0. The first-order chi connectivity index (χ1) is 14.3. The van der Waals surface area contributed by atoms with Gasteiger partial charge in [0, 0.05) is 21.7 Å². The average molecular weight is 432 g/mol. The van der Waals surface area contributed by atoms with Gasteiger partial charge in [-0.05, 0) is 74.5 Å². The van der Waals surface area contributed by atoms with Gasteiger partial charge in [-0.25, -0.2) is 0 Å². The molecule has 0 amide bonds. The van der Waals surface area contributed by atoms with E-state index in [1.165, 1.54) is 4.57 Å². The Bertz CT molecular complexity index is 1030. The number of carboxylic acid groups (broad SMARTS) is 1. The summed E-state index contributed by atoms with van der Waals surface area (Å²) in [5, 5.41) is 10.5. The molecule has 8 heteroatoms. The molecule has 160 valence electrons. The van der Waals surface area contributed by atoms with Gasteiger partial charge < -0.3 is 21.3 Å². The monoisotopic (exact) mass is 431 g/mol. The second-order valence-electron chi connectivity index (χ2n) is 6.60. The molecule has 0 aliphatic carbocycles. The Morgan fingerprint density at radius 2 is 1.73 bits per heavy atom. The maximum absolute atomic E-state index is 13.0. The van der Waals surface area contributed by atoms with Gasteiger partial charge in [-0.3, -0.25) is 14.2 Å². The fourth-order valence-electron chi connectivity index (χ4n) is 3.06. The van der Waals surface area contributed by atoms with Crippen LogP contribution in [0.15, 0.2) is 42.5 Å². The quantitative estimate of drug-likeness (QED) is 0.551. The van der Waals surface area contributed by atoms with Crippen molar-refractivity contribution in [1.82, 2.24) is 4.57 Å². The zero-order valence-electron chi connectivity index (χ0n) is 17.0. The van der Waals surface area contributed by atoms with Gasteiger partial charge in [0.25, 0.3) is 5.91 Å². The molecule has 0 saturated carbocycles.